The van der Waals surface area contributed by atoms with Crippen molar-refractivity contribution in [3.8, 4) is 0 Å². The van der Waals surface area contributed by atoms with Crippen molar-refractivity contribution in [2.24, 2.45) is 11.8 Å². The first-order valence-corrected chi connectivity index (χ1v) is 31.8. The van der Waals surface area contributed by atoms with E-state index in [0.717, 1.165) is 69.6 Å². The molecule has 0 fully saturated rings. The summed E-state index contributed by atoms with van der Waals surface area (Å²) in [6.07, 6.45) is 62.4. The molecule has 0 aromatic carbocycles. The van der Waals surface area contributed by atoms with Gasteiger partial charge in [-0.1, -0.05) is 324 Å². The lowest BCUT2D eigenvalue weighted by molar-refractivity contribution is -0.167. The first kappa shape index (κ1) is 68.4. The highest BCUT2D eigenvalue weighted by atomic mass is 16.6. The van der Waals surface area contributed by atoms with Crippen molar-refractivity contribution in [3.05, 3.63) is 0 Å². The second kappa shape index (κ2) is 56.7. The van der Waals surface area contributed by atoms with Crippen molar-refractivity contribution in [3.63, 3.8) is 0 Å². The minimum absolute atomic E-state index is 0.0619. The Morgan fingerprint density at radius 3 is 0.814 bits per heavy atom. The molecule has 0 N–H and O–H groups in total. The Hall–Kier alpha value is -1.59. The van der Waals surface area contributed by atoms with Crippen molar-refractivity contribution in [1.29, 1.82) is 0 Å². The number of ether oxygens (including phenoxy) is 3. The van der Waals surface area contributed by atoms with Crippen LogP contribution in [0.1, 0.15) is 362 Å². The van der Waals surface area contributed by atoms with Crippen LogP contribution < -0.4 is 0 Å². The highest BCUT2D eigenvalue weighted by Crippen LogP contribution is 2.19. The van der Waals surface area contributed by atoms with E-state index in [1.54, 1.807) is 0 Å². The molecule has 0 saturated heterocycles. The second-order valence-electron chi connectivity index (χ2n) is 22.8. The smallest absolute Gasteiger partial charge is 0.306 e. The summed E-state index contributed by atoms with van der Waals surface area (Å²) in [5.74, 6) is 0.912. The highest BCUT2D eigenvalue weighted by Gasteiger charge is 2.19. The molecule has 0 aromatic heterocycles. The van der Waals surface area contributed by atoms with Crippen LogP contribution in [0, 0.1) is 11.8 Å². The molecular weight excluding hydrogens is 865 g/mol. The number of rotatable bonds is 58. The fraction of sp³-hybridized carbons (Fsp3) is 0.953. The maximum atomic E-state index is 12.9. The van der Waals surface area contributed by atoms with Gasteiger partial charge in [-0.2, -0.15) is 0 Å². The lowest BCUT2D eigenvalue weighted by Crippen LogP contribution is -2.30. The van der Waals surface area contributed by atoms with E-state index in [-0.39, 0.29) is 31.1 Å². The van der Waals surface area contributed by atoms with Crippen LogP contribution in [0.15, 0.2) is 0 Å². The van der Waals surface area contributed by atoms with Gasteiger partial charge in [0.25, 0.3) is 0 Å². The average Bonchev–Trinajstić information content (AvgIpc) is 3.35. The van der Waals surface area contributed by atoms with Crippen molar-refractivity contribution < 1.29 is 28.6 Å². The van der Waals surface area contributed by atoms with Crippen LogP contribution in [-0.4, -0.2) is 37.2 Å². The van der Waals surface area contributed by atoms with Gasteiger partial charge in [0.15, 0.2) is 6.10 Å². The maximum absolute atomic E-state index is 12.9. The number of hydrogen-bond donors (Lipinski definition) is 0. The monoisotopic (exact) mass is 989 g/mol. The lowest BCUT2D eigenvalue weighted by atomic mass is 9.99. The van der Waals surface area contributed by atoms with Gasteiger partial charge in [-0.05, 0) is 31.1 Å². The van der Waals surface area contributed by atoms with Crippen LogP contribution in [0.5, 0.6) is 0 Å². The predicted molar refractivity (Wildman–Crippen MR) is 303 cm³/mol. The first-order valence-electron chi connectivity index (χ1n) is 31.8. The van der Waals surface area contributed by atoms with Gasteiger partial charge in [0.1, 0.15) is 13.2 Å². The van der Waals surface area contributed by atoms with Crippen molar-refractivity contribution in [1.82, 2.24) is 0 Å². The zero-order chi connectivity index (χ0) is 51.1. The Balaban J connectivity index is 4.25. The lowest BCUT2D eigenvalue weighted by Gasteiger charge is -2.18. The predicted octanol–water partition coefficient (Wildman–Crippen LogP) is 21.2. The topological polar surface area (TPSA) is 78.9 Å². The van der Waals surface area contributed by atoms with Crippen molar-refractivity contribution in [2.75, 3.05) is 13.2 Å². The molecule has 0 aromatic rings. The van der Waals surface area contributed by atoms with E-state index < -0.39 is 6.10 Å². The van der Waals surface area contributed by atoms with E-state index in [4.69, 9.17) is 14.2 Å². The Morgan fingerprint density at radius 2 is 0.543 bits per heavy atom. The molecule has 0 radical (unpaired) electrons. The summed E-state index contributed by atoms with van der Waals surface area (Å²) in [4.78, 5) is 38.3. The first-order chi connectivity index (χ1) is 34.3. The van der Waals surface area contributed by atoms with Gasteiger partial charge in [-0.15, -0.1) is 0 Å². The summed E-state index contributed by atoms with van der Waals surface area (Å²) in [5.41, 5.74) is 0. The third kappa shape index (κ3) is 55.7. The zero-order valence-corrected chi connectivity index (χ0v) is 48.2. The van der Waals surface area contributed by atoms with Crippen molar-refractivity contribution in [2.45, 2.75) is 368 Å². The SMILES string of the molecule is CCCCCCCCCCCCCCCCCC(=O)O[C@H](COC(=O)CCCCCCCCCCCCCCCCCCCCC(C)CC)COC(=O)CCCCCCCCCCCCCCC(C)C. The molecule has 0 aliphatic heterocycles. The van der Waals surface area contributed by atoms with Crippen LogP contribution in [-0.2, 0) is 28.6 Å². The average molecular weight is 990 g/mol. The van der Waals surface area contributed by atoms with E-state index in [9.17, 15) is 14.4 Å². The van der Waals surface area contributed by atoms with E-state index in [0.29, 0.717) is 19.3 Å². The minimum atomic E-state index is -0.763. The minimum Gasteiger partial charge on any atom is -0.462 e. The van der Waals surface area contributed by atoms with E-state index in [2.05, 4.69) is 34.6 Å². The maximum Gasteiger partial charge on any atom is 0.306 e. The Bertz CT molecular complexity index is 1070. The molecule has 0 spiro atoms. The van der Waals surface area contributed by atoms with Crippen LogP contribution in [0.3, 0.4) is 0 Å². The summed E-state index contributed by atoms with van der Waals surface area (Å²) in [6, 6.07) is 0. The quantitative estimate of drug-likeness (QED) is 0.0343. The number of esters is 3. The van der Waals surface area contributed by atoms with E-state index in [1.807, 2.05) is 0 Å². The molecule has 0 heterocycles. The van der Waals surface area contributed by atoms with Gasteiger partial charge >= 0.3 is 17.9 Å². The van der Waals surface area contributed by atoms with Gasteiger partial charge in [-0.25, -0.2) is 0 Å². The van der Waals surface area contributed by atoms with Gasteiger partial charge in [0.05, 0.1) is 0 Å². The standard InChI is InChI=1S/C64H124O6/c1-6-8-9-10-11-12-13-14-19-24-31-36-41-46-51-56-64(67)70-61(58-69-63(66)55-50-45-40-35-30-26-25-27-32-37-42-47-52-59(3)4)57-68-62(65)54-49-44-39-34-29-23-21-18-16-15-17-20-22-28-33-38-43-48-53-60(5)7-2/h59-61H,6-58H2,1-5H3/t60?,61-/m1/s1. The zero-order valence-electron chi connectivity index (χ0n) is 48.2. The summed E-state index contributed by atoms with van der Waals surface area (Å²) in [5, 5.41) is 0. The van der Waals surface area contributed by atoms with E-state index in [1.165, 1.54) is 250 Å². The molecule has 416 valence electrons. The Labute approximate surface area is 438 Å². The summed E-state index contributed by atoms with van der Waals surface area (Å²) in [7, 11) is 0. The molecule has 0 aliphatic carbocycles. The molecule has 0 bridgehead atoms. The van der Waals surface area contributed by atoms with E-state index >= 15 is 0 Å². The van der Waals surface area contributed by atoms with Crippen LogP contribution in [0.2, 0.25) is 0 Å². The highest BCUT2D eigenvalue weighted by molar-refractivity contribution is 5.71. The molecule has 2 atom stereocenters. The fourth-order valence-electron chi connectivity index (χ4n) is 9.90. The molecule has 0 aliphatic rings. The van der Waals surface area contributed by atoms with Crippen molar-refractivity contribution >= 4 is 17.9 Å². The molecular formula is C64H124O6. The molecule has 0 amide bonds. The number of unbranched alkanes of at least 4 members (excludes halogenated alkanes) is 42. The number of hydrogen-bond acceptors (Lipinski definition) is 6. The normalized spacial score (nSPS) is 12.4. The summed E-state index contributed by atoms with van der Waals surface area (Å²) >= 11 is 0. The molecule has 6 heteroatoms. The van der Waals surface area contributed by atoms with Gasteiger partial charge in [-0.3, -0.25) is 14.4 Å². The van der Waals surface area contributed by atoms with Gasteiger partial charge in [0, 0.05) is 19.3 Å². The fourth-order valence-corrected chi connectivity index (χ4v) is 9.90. The molecule has 70 heavy (non-hydrogen) atoms. The van der Waals surface area contributed by atoms with Crippen LogP contribution >= 0.6 is 0 Å². The molecule has 0 saturated carbocycles. The van der Waals surface area contributed by atoms with Crippen LogP contribution in [0.4, 0.5) is 0 Å². The van der Waals surface area contributed by atoms with Gasteiger partial charge < -0.3 is 14.2 Å². The second-order valence-corrected chi connectivity index (χ2v) is 22.8. The largest absolute Gasteiger partial charge is 0.462 e. The van der Waals surface area contributed by atoms with Gasteiger partial charge in [0.2, 0.25) is 0 Å². The third-order valence-corrected chi connectivity index (χ3v) is 15.1. The third-order valence-electron chi connectivity index (χ3n) is 15.1. The molecule has 0 rings (SSSR count). The number of carbonyl (C=O) groups excluding carboxylic acids is 3. The molecule has 6 nitrogen and oxygen atoms in total. The Kier molecular flexibility index (Phi) is 55.4. The summed E-state index contributed by atoms with van der Waals surface area (Å²) < 4.78 is 16.9. The molecule has 1 unspecified atom stereocenters. The number of carbonyl (C=O) groups is 3. The summed E-state index contributed by atoms with van der Waals surface area (Å²) in [6.45, 7) is 11.5. The Morgan fingerprint density at radius 1 is 0.300 bits per heavy atom. The van der Waals surface area contributed by atoms with Crippen LogP contribution in [0.25, 0.3) is 0 Å².